The van der Waals surface area contributed by atoms with Crippen LogP contribution in [0.5, 0.6) is 0 Å². The summed E-state index contributed by atoms with van der Waals surface area (Å²) in [7, 11) is 0. The van der Waals surface area contributed by atoms with E-state index >= 15 is 0 Å². The van der Waals surface area contributed by atoms with E-state index in [0.717, 1.165) is 5.69 Å². The number of carbonyl (C=O) groups excluding carboxylic acids is 1. The number of amides is 1. The largest absolute Gasteiger partial charge is 0.310 e. The van der Waals surface area contributed by atoms with Crippen LogP contribution in [0.4, 0.5) is 5.82 Å². The molecule has 1 N–H and O–H groups in total. The second-order valence-electron chi connectivity index (χ2n) is 2.62. The van der Waals surface area contributed by atoms with Gasteiger partial charge in [-0.05, 0) is 13.8 Å². The zero-order valence-corrected chi connectivity index (χ0v) is 8.22. The Bertz CT molecular complexity index is 307. The van der Waals surface area contributed by atoms with E-state index in [1.54, 1.807) is 13.0 Å². The molecule has 0 unspecified atom stereocenters. The smallest absolute Gasteiger partial charge is 0.240 e. The summed E-state index contributed by atoms with van der Waals surface area (Å²) < 4.78 is 0. The lowest BCUT2D eigenvalue weighted by Gasteiger charge is -2.03. The number of anilines is 1. The van der Waals surface area contributed by atoms with E-state index < -0.39 is 0 Å². The number of aromatic nitrogens is 2. The molecular formula is C8H10ClN3O. The number of hydrogen-bond donors (Lipinski definition) is 1. The van der Waals surface area contributed by atoms with Crippen molar-refractivity contribution in [1.82, 2.24) is 9.97 Å². The molecule has 0 atom stereocenters. The van der Waals surface area contributed by atoms with Crippen molar-refractivity contribution in [1.29, 1.82) is 0 Å². The Labute approximate surface area is 81.3 Å². The van der Waals surface area contributed by atoms with Crippen LogP contribution in [-0.4, -0.2) is 21.8 Å². The van der Waals surface area contributed by atoms with Crippen LogP contribution in [0.1, 0.15) is 11.5 Å². The molecule has 5 heteroatoms. The van der Waals surface area contributed by atoms with Crippen LogP contribution < -0.4 is 5.32 Å². The van der Waals surface area contributed by atoms with Gasteiger partial charge in [0.1, 0.15) is 17.5 Å². The van der Waals surface area contributed by atoms with Crippen molar-refractivity contribution in [2.75, 3.05) is 11.2 Å². The number of nitrogens with one attached hydrogen (secondary N) is 1. The number of halogens is 1. The first-order chi connectivity index (χ1) is 6.11. The molecule has 1 aromatic heterocycles. The Morgan fingerprint density at radius 1 is 1.54 bits per heavy atom. The van der Waals surface area contributed by atoms with Gasteiger partial charge in [-0.1, -0.05) is 0 Å². The first kappa shape index (κ1) is 9.92. The van der Waals surface area contributed by atoms with Gasteiger partial charge in [-0.25, -0.2) is 9.97 Å². The van der Waals surface area contributed by atoms with Crippen LogP contribution in [0.3, 0.4) is 0 Å². The van der Waals surface area contributed by atoms with Crippen molar-refractivity contribution in [2.24, 2.45) is 0 Å². The fourth-order valence-electron chi connectivity index (χ4n) is 0.957. The summed E-state index contributed by atoms with van der Waals surface area (Å²) in [5.74, 6) is 0.793. The van der Waals surface area contributed by atoms with E-state index in [0.29, 0.717) is 11.6 Å². The van der Waals surface area contributed by atoms with E-state index in [9.17, 15) is 4.79 Å². The predicted molar refractivity (Wildman–Crippen MR) is 50.9 cm³/mol. The minimum Gasteiger partial charge on any atom is -0.310 e. The Hall–Kier alpha value is -1.16. The van der Waals surface area contributed by atoms with Crippen LogP contribution >= 0.6 is 11.6 Å². The van der Waals surface area contributed by atoms with E-state index in [2.05, 4.69) is 15.3 Å². The van der Waals surface area contributed by atoms with Crippen molar-refractivity contribution in [2.45, 2.75) is 13.8 Å². The van der Waals surface area contributed by atoms with Crippen LogP contribution in [0.25, 0.3) is 0 Å². The third-order valence-electron chi connectivity index (χ3n) is 1.35. The summed E-state index contributed by atoms with van der Waals surface area (Å²) in [5, 5.41) is 2.55. The molecule has 0 saturated carbocycles. The van der Waals surface area contributed by atoms with Crippen molar-refractivity contribution >= 4 is 23.3 Å². The lowest BCUT2D eigenvalue weighted by Crippen LogP contribution is -2.14. The Morgan fingerprint density at radius 3 is 2.77 bits per heavy atom. The van der Waals surface area contributed by atoms with Gasteiger partial charge in [0.25, 0.3) is 0 Å². The van der Waals surface area contributed by atoms with Gasteiger partial charge in [0.2, 0.25) is 5.91 Å². The molecule has 70 valence electrons. The van der Waals surface area contributed by atoms with E-state index in [1.807, 2.05) is 6.92 Å². The van der Waals surface area contributed by atoms with Crippen LogP contribution in [0.15, 0.2) is 6.07 Å². The second kappa shape index (κ2) is 4.18. The van der Waals surface area contributed by atoms with E-state index in [1.165, 1.54) is 0 Å². The molecule has 13 heavy (non-hydrogen) atoms. The Morgan fingerprint density at radius 2 is 2.23 bits per heavy atom. The fraction of sp³-hybridized carbons (Fsp3) is 0.375. The summed E-state index contributed by atoms with van der Waals surface area (Å²) >= 11 is 5.33. The highest BCUT2D eigenvalue weighted by molar-refractivity contribution is 6.28. The molecule has 0 fully saturated rings. The zero-order chi connectivity index (χ0) is 9.84. The standard InChI is InChI=1S/C8H10ClN3O/c1-5-3-7(11-6(2)10-5)12-8(13)4-9/h3H,4H2,1-2H3,(H,10,11,12,13). The highest BCUT2D eigenvalue weighted by atomic mass is 35.5. The Kier molecular flexibility index (Phi) is 3.19. The molecule has 1 aromatic rings. The number of rotatable bonds is 2. The summed E-state index contributed by atoms with van der Waals surface area (Å²) in [4.78, 5) is 19.0. The lowest BCUT2D eigenvalue weighted by molar-refractivity contribution is -0.113. The quantitative estimate of drug-likeness (QED) is 0.730. The van der Waals surface area contributed by atoms with Gasteiger partial charge in [0, 0.05) is 11.8 Å². The minimum atomic E-state index is -0.265. The number of carbonyl (C=O) groups is 1. The van der Waals surface area contributed by atoms with Gasteiger partial charge in [-0.3, -0.25) is 4.79 Å². The molecule has 0 aromatic carbocycles. The third kappa shape index (κ3) is 2.99. The molecule has 0 radical (unpaired) electrons. The van der Waals surface area contributed by atoms with Gasteiger partial charge < -0.3 is 5.32 Å². The number of alkyl halides is 1. The summed E-state index contributed by atoms with van der Waals surface area (Å²) in [5.41, 5.74) is 0.817. The van der Waals surface area contributed by atoms with Crippen molar-refractivity contribution in [3.63, 3.8) is 0 Å². The molecule has 0 aliphatic heterocycles. The average molecular weight is 200 g/mol. The molecule has 1 heterocycles. The summed E-state index contributed by atoms with van der Waals surface area (Å²) in [6, 6.07) is 1.69. The molecule has 0 aliphatic rings. The minimum absolute atomic E-state index is 0.0674. The highest BCUT2D eigenvalue weighted by Crippen LogP contribution is 2.05. The first-order valence-corrected chi connectivity index (χ1v) is 4.33. The van der Waals surface area contributed by atoms with Crippen LogP contribution in [0, 0.1) is 13.8 Å². The Balaban J connectivity index is 2.83. The molecule has 0 bridgehead atoms. The van der Waals surface area contributed by atoms with Gasteiger partial charge in [-0.15, -0.1) is 11.6 Å². The monoisotopic (exact) mass is 199 g/mol. The number of aryl methyl sites for hydroxylation is 2. The van der Waals surface area contributed by atoms with Crippen molar-refractivity contribution in [3.05, 3.63) is 17.6 Å². The van der Waals surface area contributed by atoms with E-state index in [-0.39, 0.29) is 11.8 Å². The second-order valence-corrected chi connectivity index (χ2v) is 2.89. The van der Waals surface area contributed by atoms with Crippen molar-refractivity contribution in [3.8, 4) is 0 Å². The van der Waals surface area contributed by atoms with Crippen molar-refractivity contribution < 1.29 is 4.79 Å². The molecule has 1 rings (SSSR count). The summed E-state index contributed by atoms with van der Waals surface area (Å²) in [6.07, 6.45) is 0. The molecular weight excluding hydrogens is 190 g/mol. The van der Waals surface area contributed by atoms with Crippen LogP contribution in [0.2, 0.25) is 0 Å². The molecule has 0 spiro atoms. The lowest BCUT2D eigenvalue weighted by atomic mass is 10.4. The molecule has 0 saturated heterocycles. The van der Waals surface area contributed by atoms with Gasteiger partial charge in [0.05, 0.1) is 0 Å². The topological polar surface area (TPSA) is 54.9 Å². The maximum Gasteiger partial charge on any atom is 0.240 e. The average Bonchev–Trinajstić information content (AvgIpc) is 2.02. The number of nitrogens with zero attached hydrogens (tertiary/aromatic N) is 2. The zero-order valence-electron chi connectivity index (χ0n) is 7.47. The highest BCUT2D eigenvalue weighted by Gasteiger charge is 2.02. The van der Waals surface area contributed by atoms with Gasteiger partial charge in [0.15, 0.2) is 0 Å². The third-order valence-corrected chi connectivity index (χ3v) is 1.60. The maximum absolute atomic E-state index is 10.9. The van der Waals surface area contributed by atoms with Gasteiger partial charge in [-0.2, -0.15) is 0 Å². The summed E-state index contributed by atoms with van der Waals surface area (Å²) in [6.45, 7) is 3.61. The molecule has 1 amide bonds. The SMILES string of the molecule is Cc1cc(NC(=O)CCl)nc(C)n1. The van der Waals surface area contributed by atoms with Crippen LogP contribution in [-0.2, 0) is 4.79 Å². The maximum atomic E-state index is 10.9. The predicted octanol–water partition coefficient (Wildman–Crippen LogP) is 1.27. The fourth-order valence-corrected chi connectivity index (χ4v) is 1.02. The van der Waals surface area contributed by atoms with E-state index in [4.69, 9.17) is 11.6 Å². The molecule has 4 nitrogen and oxygen atoms in total. The number of hydrogen-bond acceptors (Lipinski definition) is 3. The first-order valence-electron chi connectivity index (χ1n) is 3.80. The normalized spacial score (nSPS) is 9.77. The molecule has 0 aliphatic carbocycles. The van der Waals surface area contributed by atoms with Gasteiger partial charge >= 0.3 is 0 Å².